The van der Waals surface area contributed by atoms with Crippen molar-refractivity contribution in [3.05, 3.63) is 10.6 Å². The first kappa shape index (κ1) is 17.8. The van der Waals surface area contributed by atoms with E-state index in [2.05, 4.69) is 10.3 Å². The number of fused-ring (bicyclic) bond motifs is 1. The molecule has 134 valence electrons. The van der Waals surface area contributed by atoms with Crippen LogP contribution in [-0.2, 0) is 27.8 Å². The van der Waals surface area contributed by atoms with Crippen LogP contribution >= 0.6 is 11.3 Å². The molecule has 1 aliphatic heterocycles. The number of anilines is 1. The summed E-state index contributed by atoms with van der Waals surface area (Å²) >= 11 is 1.40. The number of aromatic nitrogens is 1. The van der Waals surface area contributed by atoms with Crippen LogP contribution in [0.3, 0.4) is 0 Å². The molecule has 1 saturated carbocycles. The highest BCUT2D eigenvalue weighted by molar-refractivity contribution is 7.89. The molecule has 1 amide bonds. The van der Waals surface area contributed by atoms with E-state index in [1.165, 1.54) is 28.5 Å². The van der Waals surface area contributed by atoms with Crippen molar-refractivity contribution < 1.29 is 13.2 Å². The molecule has 0 spiro atoms. The molecule has 0 saturated heterocycles. The Morgan fingerprint density at radius 1 is 1.38 bits per heavy atom. The molecule has 0 unspecified atom stereocenters. The van der Waals surface area contributed by atoms with Crippen molar-refractivity contribution >= 4 is 32.4 Å². The van der Waals surface area contributed by atoms with E-state index in [-0.39, 0.29) is 5.91 Å². The van der Waals surface area contributed by atoms with E-state index < -0.39 is 15.3 Å². The minimum atomic E-state index is -3.25. The summed E-state index contributed by atoms with van der Waals surface area (Å²) in [6, 6.07) is 0. The maximum absolute atomic E-state index is 12.3. The average molecular weight is 372 g/mol. The maximum atomic E-state index is 12.3. The van der Waals surface area contributed by atoms with Crippen LogP contribution in [0.25, 0.3) is 0 Å². The standard InChI is InChI=1S/C16H25N3O3S2/c1-11(2)24(21,22)19-8-7-13-14(10-19)23-16(17-13)18-15(20)9-12-5-3-4-6-12/h11-12H,3-10H2,1-2H3,(H,17,18,20). The van der Waals surface area contributed by atoms with Crippen LogP contribution in [0, 0.1) is 5.92 Å². The summed E-state index contributed by atoms with van der Waals surface area (Å²) in [4.78, 5) is 17.6. The first-order chi connectivity index (χ1) is 11.4. The van der Waals surface area contributed by atoms with Gasteiger partial charge in [-0.2, -0.15) is 4.31 Å². The Kier molecular flexibility index (Phi) is 5.27. The van der Waals surface area contributed by atoms with Gasteiger partial charge < -0.3 is 5.32 Å². The third-order valence-corrected chi connectivity index (χ3v) is 8.07. The predicted octanol–water partition coefficient (Wildman–Crippen LogP) is 2.76. The molecule has 1 fully saturated rings. The molecule has 0 aromatic carbocycles. The highest BCUT2D eigenvalue weighted by Gasteiger charge is 2.31. The fourth-order valence-corrected chi connectivity index (χ4v) is 5.76. The van der Waals surface area contributed by atoms with Gasteiger partial charge in [-0.05, 0) is 32.6 Å². The molecule has 3 rings (SSSR count). The van der Waals surface area contributed by atoms with Crippen LogP contribution in [0.4, 0.5) is 5.13 Å². The monoisotopic (exact) mass is 371 g/mol. The number of carbonyl (C=O) groups excluding carboxylic acids is 1. The van der Waals surface area contributed by atoms with Crippen LogP contribution in [0.15, 0.2) is 0 Å². The Hall–Kier alpha value is -0.990. The maximum Gasteiger partial charge on any atom is 0.226 e. The van der Waals surface area contributed by atoms with Crippen molar-refractivity contribution in [2.75, 3.05) is 11.9 Å². The van der Waals surface area contributed by atoms with E-state index in [9.17, 15) is 13.2 Å². The molecular formula is C16H25N3O3S2. The second-order valence-electron chi connectivity index (χ2n) is 6.97. The predicted molar refractivity (Wildman–Crippen MR) is 95.5 cm³/mol. The molecule has 24 heavy (non-hydrogen) atoms. The topological polar surface area (TPSA) is 79.4 Å². The smallest absolute Gasteiger partial charge is 0.226 e. The van der Waals surface area contributed by atoms with Crippen molar-refractivity contribution in [2.45, 2.75) is 64.2 Å². The second kappa shape index (κ2) is 7.09. The van der Waals surface area contributed by atoms with Crippen molar-refractivity contribution in [1.29, 1.82) is 0 Å². The number of hydrogen-bond acceptors (Lipinski definition) is 5. The normalized spacial score (nSPS) is 19.6. The fourth-order valence-electron chi connectivity index (χ4n) is 3.39. The molecule has 2 heterocycles. The van der Waals surface area contributed by atoms with E-state index in [1.54, 1.807) is 13.8 Å². The SMILES string of the molecule is CC(C)S(=O)(=O)N1CCc2nc(NC(=O)CC3CCCC3)sc2C1. The molecule has 6 nitrogen and oxygen atoms in total. The number of hydrogen-bond donors (Lipinski definition) is 1. The highest BCUT2D eigenvalue weighted by atomic mass is 32.2. The second-order valence-corrected chi connectivity index (χ2v) is 10.5. The van der Waals surface area contributed by atoms with E-state index in [0.29, 0.717) is 37.0 Å². The number of thiazole rings is 1. The largest absolute Gasteiger partial charge is 0.302 e. The summed E-state index contributed by atoms with van der Waals surface area (Å²) < 4.78 is 26.2. The van der Waals surface area contributed by atoms with Gasteiger partial charge in [0.15, 0.2) is 5.13 Å². The van der Waals surface area contributed by atoms with Crippen molar-refractivity contribution in [3.63, 3.8) is 0 Å². The van der Waals surface area contributed by atoms with Gasteiger partial charge in [0.2, 0.25) is 15.9 Å². The van der Waals surface area contributed by atoms with Crippen LogP contribution in [0.5, 0.6) is 0 Å². The zero-order valence-electron chi connectivity index (χ0n) is 14.2. The lowest BCUT2D eigenvalue weighted by Gasteiger charge is -2.26. The number of nitrogens with zero attached hydrogens (tertiary/aromatic N) is 2. The summed E-state index contributed by atoms with van der Waals surface area (Å²) in [5.74, 6) is 0.533. The molecule has 2 aliphatic rings. The van der Waals surface area contributed by atoms with Gasteiger partial charge in [0.25, 0.3) is 0 Å². The summed E-state index contributed by atoms with van der Waals surface area (Å²) in [7, 11) is -3.25. The van der Waals surface area contributed by atoms with Gasteiger partial charge in [0.05, 0.1) is 10.9 Å². The molecule has 1 aromatic rings. The van der Waals surface area contributed by atoms with E-state index in [4.69, 9.17) is 0 Å². The Morgan fingerprint density at radius 3 is 2.75 bits per heavy atom. The summed E-state index contributed by atoms with van der Waals surface area (Å²) in [6.07, 6.45) is 5.91. The molecular weight excluding hydrogens is 346 g/mol. The molecule has 1 N–H and O–H groups in total. The van der Waals surface area contributed by atoms with Crippen LogP contribution in [0.1, 0.15) is 56.5 Å². The van der Waals surface area contributed by atoms with Gasteiger partial charge in [-0.25, -0.2) is 13.4 Å². The lowest BCUT2D eigenvalue weighted by Crippen LogP contribution is -2.39. The molecule has 1 aromatic heterocycles. The first-order valence-corrected chi connectivity index (χ1v) is 11.0. The molecule has 0 radical (unpaired) electrons. The third-order valence-electron chi connectivity index (χ3n) is 4.85. The van der Waals surface area contributed by atoms with E-state index >= 15 is 0 Å². The van der Waals surface area contributed by atoms with Crippen molar-refractivity contribution in [3.8, 4) is 0 Å². The van der Waals surface area contributed by atoms with Crippen LogP contribution in [0.2, 0.25) is 0 Å². The minimum Gasteiger partial charge on any atom is -0.302 e. The number of nitrogens with one attached hydrogen (secondary N) is 1. The van der Waals surface area contributed by atoms with E-state index in [0.717, 1.165) is 23.4 Å². The number of carbonyl (C=O) groups is 1. The molecule has 8 heteroatoms. The number of amides is 1. The zero-order chi connectivity index (χ0) is 17.3. The van der Waals surface area contributed by atoms with Crippen LogP contribution < -0.4 is 5.32 Å². The number of rotatable bonds is 5. The van der Waals surface area contributed by atoms with Gasteiger partial charge in [0, 0.05) is 30.8 Å². The molecule has 0 bridgehead atoms. The van der Waals surface area contributed by atoms with Crippen LogP contribution in [-0.4, -0.2) is 35.4 Å². The quantitative estimate of drug-likeness (QED) is 0.863. The van der Waals surface area contributed by atoms with Crippen molar-refractivity contribution in [2.24, 2.45) is 5.92 Å². The Morgan fingerprint density at radius 2 is 2.08 bits per heavy atom. The average Bonchev–Trinajstić information content (AvgIpc) is 3.14. The van der Waals surface area contributed by atoms with Gasteiger partial charge in [-0.3, -0.25) is 4.79 Å². The summed E-state index contributed by atoms with van der Waals surface area (Å²) in [5, 5.41) is 3.09. The van der Waals surface area contributed by atoms with Gasteiger partial charge in [-0.15, -0.1) is 11.3 Å². The Balaban J connectivity index is 1.63. The third kappa shape index (κ3) is 3.81. The van der Waals surface area contributed by atoms with E-state index in [1.807, 2.05) is 0 Å². The first-order valence-electron chi connectivity index (χ1n) is 8.63. The summed E-state index contributed by atoms with van der Waals surface area (Å²) in [6.45, 7) is 4.23. The fraction of sp³-hybridized carbons (Fsp3) is 0.750. The molecule has 1 aliphatic carbocycles. The van der Waals surface area contributed by atoms with Gasteiger partial charge in [-0.1, -0.05) is 12.8 Å². The van der Waals surface area contributed by atoms with Crippen molar-refractivity contribution in [1.82, 2.24) is 9.29 Å². The Bertz CT molecular complexity index is 706. The highest BCUT2D eigenvalue weighted by Crippen LogP contribution is 2.31. The Labute approximate surface area is 147 Å². The minimum absolute atomic E-state index is 0.0275. The van der Waals surface area contributed by atoms with Gasteiger partial charge >= 0.3 is 0 Å². The summed E-state index contributed by atoms with van der Waals surface area (Å²) in [5.41, 5.74) is 0.923. The number of sulfonamides is 1. The molecule has 0 atom stereocenters. The lowest BCUT2D eigenvalue weighted by molar-refractivity contribution is -0.117. The lowest BCUT2D eigenvalue weighted by atomic mass is 10.0. The zero-order valence-corrected chi connectivity index (χ0v) is 15.9. The van der Waals surface area contributed by atoms with Gasteiger partial charge in [0.1, 0.15) is 0 Å².